The van der Waals surface area contributed by atoms with E-state index in [1.54, 1.807) is 6.07 Å². The highest BCUT2D eigenvalue weighted by Gasteiger charge is 2.12. The zero-order valence-electron chi connectivity index (χ0n) is 11.4. The average Bonchev–Trinajstić information content (AvgIpc) is 2.89. The van der Waals surface area contributed by atoms with Gasteiger partial charge >= 0.3 is 0 Å². The molecule has 1 aromatic heterocycles. The summed E-state index contributed by atoms with van der Waals surface area (Å²) < 4.78 is 18.8. The van der Waals surface area contributed by atoms with Crippen molar-refractivity contribution < 1.29 is 13.9 Å². The van der Waals surface area contributed by atoms with Gasteiger partial charge in [0.2, 0.25) is 5.89 Å². The SMILES string of the molecule is OCCN(Cc1nc2cc(F)ccc2o1)c1ccccc1. The molecule has 0 saturated carbocycles. The number of anilines is 1. The molecule has 21 heavy (non-hydrogen) atoms. The molecule has 0 atom stereocenters. The van der Waals surface area contributed by atoms with Gasteiger partial charge in [0.25, 0.3) is 0 Å². The molecule has 108 valence electrons. The minimum Gasteiger partial charge on any atom is -0.439 e. The number of hydrogen-bond acceptors (Lipinski definition) is 4. The average molecular weight is 286 g/mol. The Bertz CT molecular complexity index is 727. The van der Waals surface area contributed by atoms with Gasteiger partial charge in [-0.05, 0) is 24.3 Å². The molecule has 3 rings (SSSR count). The van der Waals surface area contributed by atoms with Gasteiger partial charge in [0, 0.05) is 18.3 Å². The molecule has 0 aliphatic rings. The lowest BCUT2D eigenvalue weighted by Gasteiger charge is -2.22. The molecule has 5 heteroatoms. The molecule has 0 saturated heterocycles. The monoisotopic (exact) mass is 286 g/mol. The van der Waals surface area contributed by atoms with Crippen LogP contribution in [-0.2, 0) is 6.54 Å². The van der Waals surface area contributed by atoms with E-state index in [1.165, 1.54) is 12.1 Å². The van der Waals surface area contributed by atoms with Gasteiger partial charge in [-0.3, -0.25) is 0 Å². The smallest absolute Gasteiger partial charge is 0.215 e. The van der Waals surface area contributed by atoms with E-state index in [2.05, 4.69) is 4.98 Å². The normalized spacial score (nSPS) is 11.0. The van der Waals surface area contributed by atoms with E-state index in [4.69, 9.17) is 4.42 Å². The van der Waals surface area contributed by atoms with E-state index in [0.29, 0.717) is 30.1 Å². The minimum absolute atomic E-state index is 0.0315. The lowest BCUT2D eigenvalue weighted by atomic mass is 10.3. The van der Waals surface area contributed by atoms with Gasteiger partial charge in [0.1, 0.15) is 11.3 Å². The number of oxazole rings is 1. The number of rotatable bonds is 5. The summed E-state index contributed by atoms with van der Waals surface area (Å²) in [6, 6.07) is 14.0. The molecule has 3 aromatic rings. The van der Waals surface area contributed by atoms with Gasteiger partial charge in [-0.1, -0.05) is 18.2 Å². The highest BCUT2D eigenvalue weighted by atomic mass is 19.1. The zero-order valence-corrected chi connectivity index (χ0v) is 11.4. The molecule has 0 spiro atoms. The Hall–Kier alpha value is -2.40. The predicted molar refractivity (Wildman–Crippen MR) is 78.5 cm³/mol. The Balaban J connectivity index is 1.87. The van der Waals surface area contributed by atoms with Crippen molar-refractivity contribution in [1.82, 2.24) is 4.98 Å². The van der Waals surface area contributed by atoms with Crippen molar-refractivity contribution in [1.29, 1.82) is 0 Å². The number of aliphatic hydroxyl groups is 1. The summed E-state index contributed by atoms with van der Waals surface area (Å²) in [6.45, 7) is 0.918. The van der Waals surface area contributed by atoms with Crippen molar-refractivity contribution in [3.8, 4) is 0 Å². The number of halogens is 1. The first-order valence-electron chi connectivity index (χ1n) is 6.72. The summed E-state index contributed by atoms with van der Waals surface area (Å²) in [5, 5.41) is 9.21. The van der Waals surface area contributed by atoms with Crippen LogP contribution in [0.25, 0.3) is 11.1 Å². The first-order valence-corrected chi connectivity index (χ1v) is 6.72. The van der Waals surface area contributed by atoms with E-state index in [-0.39, 0.29) is 12.4 Å². The number of fused-ring (bicyclic) bond motifs is 1. The molecule has 2 aromatic carbocycles. The van der Waals surface area contributed by atoms with Gasteiger partial charge < -0.3 is 14.4 Å². The zero-order chi connectivity index (χ0) is 14.7. The van der Waals surface area contributed by atoms with Crippen molar-refractivity contribution in [3.05, 3.63) is 60.2 Å². The van der Waals surface area contributed by atoms with Crippen LogP contribution >= 0.6 is 0 Å². The van der Waals surface area contributed by atoms with Gasteiger partial charge in [-0.25, -0.2) is 9.37 Å². The Morgan fingerprint density at radius 3 is 2.71 bits per heavy atom. The van der Waals surface area contributed by atoms with E-state index < -0.39 is 0 Å². The second-order valence-electron chi connectivity index (χ2n) is 4.70. The molecular formula is C16H15FN2O2. The lowest BCUT2D eigenvalue weighted by molar-refractivity contribution is 0.300. The predicted octanol–water partition coefficient (Wildman–Crippen LogP) is 2.97. The largest absolute Gasteiger partial charge is 0.439 e. The van der Waals surface area contributed by atoms with Crippen LogP contribution in [0, 0.1) is 5.82 Å². The molecule has 0 radical (unpaired) electrons. The number of para-hydroxylation sites is 1. The van der Waals surface area contributed by atoms with Crippen LogP contribution in [0.1, 0.15) is 5.89 Å². The summed E-state index contributed by atoms with van der Waals surface area (Å²) in [4.78, 5) is 6.25. The van der Waals surface area contributed by atoms with E-state index >= 15 is 0 Å². The Labute approximate surface area is 121 Å². The summed E-state index contributed by atoms with van der Waals surface area (Å²) >= 11 is 0. The Morgan fingerprint density at radius 2 is 1.95 bits per heavy atom. The Morgan fingerprint density at radius 1 is 1.14 bits per heavy atom. The number of benzene rings is 2. The topological polar surface area (TPSA) is 49.5 Å². The van der Waals surface area contributed by atoms with Crippen LogP contribution in [0.5, 0.6) is 0 Å². The van der Waals surface area contributed by atoms with Crippen LogP contribution in [0.2, 0.25) is 0 Å². The van der Waals surface area contributed by atoms with Crippen molar-refractivity contribution in [2.24, 2.45) is 0 Å². The van der Waals surface area contributed by atoms with E-state index in [0.717, 1.165) is 5.69 Å². The maximum atomic E-state index is 13.2. The standard InChI is InChI=1S/C16H15FN2O2/c17-12-6-7-15-14(10-12)18-16(21-15)11-19(8-9-20)13-4-2-1-3-5-13/h1-7,10,20H,8-9,11H2. The summed E-state index contributed by atoms with van der Waals surface area (Å²) in [5.41, 5.74) is 2.03. The molecule has 4 nitrogen and oxygen atoms in total. The van der Waals surface area contributed by atoms with Crippen LogP contribution < -0.4 is 4.90 Å². The molecule has 0 aliphatic carbocycles. The minimum atomic E-state index is -0.336. The van der Waals surface area contributed by atoms with Gasteiger partial charge in [0.15, 0.2) is 5.58 Å². The highest BCUT2D eigenvalue weighted by Crippen LogP contribution is 2.20. The molecule has 0 unspecified atom stereocenters. The van der Waals surface area contributed by atoms with Crippen LogP contribution in [-0.4, -0.2) is 23.2 Å². The van der Waals surface area contributed by atoms with Crippen LogP contribution in [0.3, 0.4) is 0 Å². The maximum absolute atomic E-state index is 13.2. The molecule has 0 fully saturated rings. The fraction of sp³-hybridized carbons (Fsp3) is 0.188. The third-order valence-electron chi connectivity index (χ3n) is 3.21. The van der Waals surface area contributed by atoms with Gasteiger partial charge in [-0.2, -0.15) is 0 Å². The fourth-order valence-electron chi connectivity index (χ4n) is 2.24. The number of aromatic nitrogens is 1. The van der Waals surface area contributed by atoms with Crippen molar-refractivity contribution in [2.75, 3.05) is 18.1 Å². The second kappa shape index (κ2) is 5.93. The third-order valence-corrected chi connectivity index (χ3v) is 3.21. The molecule has 0 aliphatic heterocycles. The number of aliphatic hydroxyl groups excluding tert-OH is 1. The summed E-state index contributed by atoms with van der Waals surface area (Å²) in [5.74, 6) is 0.158. The molecule has 1 N–H and O–H groups in total. The fourth-order valence-corrected chi connectivity index (χ4v) is 2.24. The Kier molecular flexibility index (Phi) is 3.83. The van der Waals surface area contributed by atoms with Gasteiger partial charge in [0.05, 0.1) is 13.2 Å². The number of hydrogen-bond donors (Lipinski definition) is 1. The van der Waals surface area contributed by atoms with Crippen molar-refractivity contribution >= 4 is 16.8 Å². The van der Waals surface area contributed by atoms with Crippen LogP contribution in [0.15, 0.2) is 52.9 Å². The van der Waals surface area contributed by atoms with Crippen LogP contribution in [0.4, 0.5) is 10.1 Å². The molecular weight excluding hydrogens is 271 g/mol. The quantitative estimate of drug-likeness (QED) is 0.783. The molecule has 1 heterocycles. The van der Waals surface area contributed by atoms with E-state index in [9.17, 15) is 9.50 Å². The summed E-state index contributed by atoms with van der Waals surface area (Å²) in [6.07, 6.45) is 0. The number of nitrogens with zero attached hydrogens (tertiary/aromatic N) is 2. The van der Waals surface area contributed by atoms with Gasteiger partial charge in [-0.15, -0.1) is 0 Å². The first kappa shape index (κ1) is 13.6. The first-order chi connectivity index (χ1) is 10.3. The molecule has 0 amide bonds. The van der Waals surface area contributed by atoms with Crippen molar-refractivity contribution in [3.63, 3.8) is 0 Å². The maximum Gasteiger partial charge on any atom is 0.215 e. The van der Waals surface area contributed by atoms with E-state index in [1.807, 2.05) is 35.2 Å². The second-order valence-corrected chi connectivity index (χ2v) is 4.70. The highest BCUT2D eigenvalue weighted by molar-refractivity contribution is 5.72. The van der Waals surface area contributed by atoms with Crippen molar-refractivity contribution in [2.45, 2.75) is 6.54 Å². The molecule has 0 bridgehead atoms. The summed E-state index contributed by atoms with van der Waals surface area (Å²) in [7, 11) is 0. The lowest BCUT2D eigenvalue weighted by Crippen LogP contribution is -2.26. The third kappa shape index (κ3) is 3.03.